The van der Waals surface area contributed by atoms with E-state index in [0.29, 0.717) is 13.0 Å². The average Bonchev–Trinajstić information content (AvgIpc) is 3.04. The molecule has 1 heterocycles. The maximum Gasteiger partial charge on any atom is 0.251 e. The van der Waals surface area contributed by atoms with Crippen LogP contribution in [0.2, 0.25) is 0 Å². The van der Waals surface area contributed by atoms with Gasteiger partial charge in [-0.2, -0.15) is 0 Å². The number of benzene rings is 2. The zero-order valence-corrected chi connectivity index (χ0v) is 16.6. The van der Waals surface area contributed by atoms with Crippen molar-refractivity contribution in [2.75, 3.05) is 18.1 Å². The predicted octanol–water partition coefficient (Wildman–Crippen LogP) is 1.76. The molecule has 0 radical (unpaired) electrons. The third-order valence-corrected chi connectivity index (χ3v) is 8.84. The van der Waals surface area contributed by atoms with Crippen LogP contribution in [0, 0.1) is 5.82 Å². The van der Waals surface area contributed by atoms with E-state index in [9.17, 15) is 26.0 Å². The lowest BCUT2D eigenvalue weighted by molar-refractivity contribution is 0.0954. The molecule has 1 aliphatic heterocycles. The molecule has 28 heavy (non-hydrogen) atoms. The topological polar surface area (TPSA) is 97.4 Å². The molecule has 0 unspecified atom stereocenters. The second-order valence-electron chi connectivity index (χ2n) is 6.73. The summed E-state index contributed by atoms with van der Waals surface area (Å²) in [6.07, 6.45) is 0.572. The minimum Gasteiger partial charge on any atom is -0.352 e. The minimum atomic E-state index is -3.83. The highest BCUT2D eigenvalue weighted by molar-refractivity contribution is 7.96. The summed E-state index contributed by atoms with van der Waals surface area (Å²) in [5.41, 5.74) is 1.04. The first-order chi connectivity index (χ1) is 13.2. The minimum absolute atomic E-state index is 0.0548. The standard InChI is InChI=1S/C19H20FNO5S2/c20-16-6-4-14(5-7-16)8-10-21-19(22)15-2-1-3-17(12-15)28(25,26)18-9-11-27(23,24)13-18/h1-7,12,18H,8-11,13H2,(H,21,22)/t18-/m1/s1. The highest BCUT2D eigenvalue weighted by atomic mass is 32.2. The van der Waals surface area contributed by atoms with E-state index in [1.165, 1.54) is 36.4 Å². The van der Waals surface area contributed by atoms with Gasteiger partial charge < -0.3 is 5.32 Å². The Bertz CT molecular complexity index is 1080. The van der Waals surface area contributed by atoms with Crippen molar-refractivity contribution < 1.29 is 26.0 Å². The molecule has 2 aromatic rings. The zero-order chi connectivity index (χ0) is 20.4. The van der Waals surface area contributed by atoms with Gasteiger partial charge in [-0.25, -0.2) is 21.2 Å². The van der Waals surface area contributed by atoms with Crippen molar-refractivity contribution in [1.29, 1.82) is 0 Å². The van der Waals surface area contributed by atoms with Crippen LogP contribution in [0.5, 0.6) is 0 Å². The summed E-state index contributed by atoms with van der Waals surface area (Å²) >= 11 is 0. The van der Waals surface area contributed by atoms with Crippen molar-refractivity contribution in [2.24, 2.45) is 0 Å². The van der Waals surface area contributed by atoms with E-state index < -0.39 is 30.8 Å². The van der Waals surface area contributed by atoms with Crippen LogP contribution in [-0.4, -0.2) is 46.0 Å². The highest BCUT2D eigenvalue weighted by Crippen LogP contribution is 2.25. The number of hydrogen-bond donors (Lipinski definition) is 1. The monoisotopic (exact) mass is 425 g/mol. The van der Waals surface area contributed by atoms with Crippen LogP contribution >= 0.6 is 0 Å². The van der Waals surface area contributed by atoms with Gasteiger partial charge in [-0.1, -0.05) is 18.2 Å². The second kappa shape index (κ2) is 8.00. The second-order valence-corrected chi connectivity index (χ2v) is 11.2. The van der Waals surface area contributed by atoms with Crippen molar-refractivity contribution in [3.63, 3.8) is 0 Å². The van der Waals surface area contributed by atoms with Crippen LogP contribution < -0.4 is 5.32 Å². The smallest absolute Gasteiger partial charge is 0.251 e. The van der Waals surface area contributed by atoms with Gasteiger partial charge >= 0.3 is 0 Å². The number of carbonyl (C=O) groups excluding carboxylic acids is 1. The Morgan fingerprint density at radius 3 is 2.50 bits per heavy atom. The summed E-state index contributed by atoms with van der Waals surface area (Å²) in [5.74, 6) is -1.29. The quantitative estimate of drug-likeness (QED) is 0.761. The molecule has 0 saturated carbocycles. The largest absolute Gasteiger partial charge is 0.352 e. The number of halogens is 1. The van der Waals surface area contributed by atoms with E-state index in [4.69, 9.17) is 0 Å². The molecule has 1 N–H and O–H groups in total. The Morgan fingerprint density at radius 1 is 1.14 bits per heavy atom. The van der Waals surface area contributed by atoms with Gasteiger partial charge in [-0.05, 0) is 48.7 Å². The summed E-state index contributed by atoms with van der Waals surface area (Å²) in [5, 5.41) is 1.72. The Kier molecular flexibility index (Phi) is 5.85. The maximum atomic E-state index is 12.9. The van der Waals surface area contributed by atoms with Crippen molar-refractivity contribution in [3.05, 3.63) is 65.5 Å². The number of rotatable bonds is 6. The molecule has 1 fully saturated rings. The van der Waals surface area contributed by atoms with Crippen LogP contribution in [0.3, 0.4) is 0 Å². The van der Waals surface area contributed by atoms with Crippen molar-refractivity contribution >= 4 is 25.6 Å². The average molecular weight is 426 g/mol. The van der Waals surface area contributed by atoms with Gasteiger partial charge in [-0.15, -0.1) is 0 Å². The van der Waals surface area contributed by atoms with Gasteiger partial charge in [0.05, 0.1) is 21.7 Å². The summed E-state index contributed by atoms with van der Waals surface area (Å²) in [4.78, 5) is 12.3. The Labute approximate surface area is 163 Å². The molecule has 0 aromatic heterocycles. The normalized spacial score (nSPS) is 18.7. The van der Waals surface area contributed by atoms with E-state index in [1.807, 2.05) is 0 Å². The van der Waals surface area contributed by atoms with E-state index >= 15 is 0 Å². The molecule has 150 valence electrons. The Hall–Kier alpha value is -2.26. The first-order valence-corrected chi connectivity index (χ1v) is 12.1. The van der Waals surface area contributed by atoms with E-state index in [2.05, 4.69) is 5.32 Å². The zero-order valence-electron chi connectivity index (χ0n) is 15.0. The molecule has 1 amide bonds. The molecule has 9 heteroatoms. The third-order valence-electron chi connectivity index (χ3n) is 4.67. The highest BCUT2D eigenvalue weighted by Gasteiger charge is 2.38. The van der Waals surface area contributed by atoms with Crippen molar-refractivity contribution in [3.8, 4) is 0 Å². The fraction of sp³-hybridized carbons (Fsp3) is 0.316. The van der Waals surface area contributed by atoms with E-state index in [0.717, 1.165) is 5.56 Å². The molecule has 6 nitrogen and oxygen atoms in total. The lowest BCUT2D eigenvalue weighted by Gasteiger charge is -2.11. The molecule has 2 aromatic carbocycles. The number of carbonyl (C=O) groups is 1. The van der Waals surface area contributed by atoms with Crippen LogP contribution in [0.25, 0.3) is 0 Å². The van der Waals surface area contributed by atoms with Crippen molar-refractivity contribution in [1.82, 2.24) is 5.32 Å². The van der Waals surface area contributed by atoms with Gasteiger partial charge in [0, 0.05) is 12.1 Å². The molecule has 1 atom stereocenters. The number of sulfone groups is 2. The SMILES string of the molecule is O=C(NCCc1ccc(F)cc1)c1cccc(S(=O)(=O)[C@@H]2CCS(=O)(=O)C2)c1. The van der Waals surface area contributed by atoms with Gasteiger partial charge in [0.1, 0.15) is 5.82 Å². The van der Waals surface area contributed by atoms with Crippen molar-refractivity contribution in [2.45, 2.75) is 23.0 Å². The fourth-order valence-electron chi connectivity index (χ4n) is 3.09. The summed E-state index contributed by atoms with van der Waals surface area (Å²) in [6, 6.07) is 11.5. The molecular weight excluding hydrogens is 405 g/mol. The first-order valence-electron chi connectivity index (χ1n) is 8.74. The molecular formula is C19H20FNO5S2. The lowest BCUT2D eigenvalue weighted by atomic mass is 10.1. The molecule has 0 bridgehead atoms. The summed E-state index contributed by atoms with van der Waals surface area (Å²) in [7, 11) is -7.16. The lowest BCUT2D eigenvalue weighted by Crippen LogP contribution is -2.26. The Morgan fingerprint density at radius 2 is 1.86 bits per heavy atom. The Balaban J connectivity index is 1.67. The molecule has 3 rings (SSSR count). The van der Waals surface area contributed by atoms with Gasteiger partial charge in [-0.3, -0.25) is 4.79 Å². The molecule has 0 spiro atoms. The first kappa shape index (κ1) is 20.5. The summed E-state index contributed by atoms with van der Waals surface area (Å²) in [6.45, 7) is 0.308. The number of hydrogen-bond acceptors (Lipinski definition) is 5. The van der Waals surface area contributed by atoms with Gasteiger partial charge in [0.25, 0.3) is 5.91 Å². The van der Waals surface area contributed by atoms with Gasteiger partial charge in [0.2, 0.25) is 0 Å². The fourth-order valence-corrected chi connectivity index (χ4v) is 7.49. The van der Waals surface area contributed by atoms with E-state index in [1.54, 1.807) is 12.1 Å². The van der Waals surface area contributed by atoms with Crippen LogP contribution in [0.4, 0.5) is 4.39 Å². The van der Waals surface area contributed by atoms with Gasteiger partial charge in [0.15, 0.2) is 19.7 Å². The number of nitrogens with one attached hydrogen (secondary N) is 1. The third kappa shape index (κ3) is 4.77. The number of amides is 1. The van der Waals surface area contributed by atoms with E-state index in [-0.39, 0.29) is 34.2 Å². The predicted molar refractivity (Wildman–Crippen MR) is 103 cm³/mol. The maximum absolute atomic E-state index is 12.9. The molecule has 1 aliphatic rings. The van der Waals surface area contributed by atoms with Crippen LogP contribution in [-0.2, 0) is 26.1 Å². The molecule has 0 aliphatic carbocycles. The summed E-state index contributed by atoms with van der Waals surface area (Å²) < 4.78 is 61.5. The van der Waals surface area contributed by atoms with Crippen LogP contribution in [0.1, 0.15) is 22.3 Å². The molecule has 1 saturated heterocycles. The van der Waals surface area contributed by atoms with Crippen LogP contribution in [0.15, 0.2) is 53.4 Å².